The first-order valence-electron chi connectivity index (χ1n) is 6.66. The van der Waals surface area contributed by atoms with Gasteiger partial charge in [-0.3, -0.25) is 0 Å². The van der Waals surface area contributed by atoms with Gasteiger partial charge in [0.2, 0.25) is 0 Å². The molecule has 3 aromatic heterocycles. The standard InChI is InChI=1S/C14H7Cl3F3N5/c15-8-3-21-11(22-4-8)6-25-5-10(14(18,19)20)24-13(25)7-1-9(16)12(17)23-2-7/h1-5H,6H2. The van der Waals surface area contributed by atoms with Crippen LogP contribution in [0, 0.1) is 0 Å². The summed E-state index contributed by atoms with van der Waals surface area (Å²) in [6, 6.07) is 1.39. The van der Waals surface area contributed by atoms with E-state index in [9.17, 15) is 13.2 Å². The molecule has 0 fully saturated rings. The number of alkyl halides is 3. The summed E-state index contributed by atoms with van der Waals surface area (Å²) in [7, 11) is 0. The van der Waals surface area contributed by atoms with Gasteiger partial charge in [-0.05, 0) is 6.07 Å². The lowest BCUT2D eigenvalue weighted by atomic mass is 10.2. The van der Waals surface area contributed by atoms with Crippen molar-refractivity contribution in [1.29, 1.82) is 0 Å². The highest BCUT2D eigenvalue weighted by molar-refractivity contribution is 6.41. The largest absolute Gasteiger partial charge is 0.434 e. The van der Waals surface area contributed by atoms with Crippen molar-refractivity contribution >= 4 is 34.8 Å². The second-order valence-electron chi connectivity index (χ2n) is 4.89. The van der Waals surface area contributed by atoms with Crippen molar-refractivity contribution in [3.05, 3.63) is 57.6 Å². The summed E-state index contributed by atoms with van der Waals surface area (Å²) >= 11 is 17.4. The first kappa shape index (κ1) is 17.9. The Morgan fingerprint density at radius 1 is 1.00 bits per heavy atom. The SMILES string of the molecule is FC(F)(F)c1cn(Cc2ncc(Cl)cn2)c(-c2cnc(Cl)c(Cl)c2)n1. The maximum atomic E-state index is 13.0. The van der Waals surface area contributed by atoms with E-state index in [0.717, 1.165) is 6.20 Å². The molecule has 0 saturated carbocycles. The van der Waals surface area contributed by atoms with Crippen LogP contribution in [0.15, 0.2) is 30.9 Å². The van der Waals surface area contributed by atoms with E-state index in [1.165, 1.54) is 29.2 Å². The van der Waals surface area contributed by atoms with Gasteiger partial charge in [0.1, 0.15) is 16.8 Å². The zero-order chi connectivity index (χ0) is 18.2. The fraction of sp³-hybridized carbons (Fsp3) is 0.143. The molecule has 0 amide bonds. The van der Waals surface area contributed by atoms with Crippen LogP contribution in [-0.4, -0.2) is 24.5 Å². The molecular weight excluding hydrogens is 402 g/mol. The van der Waals surface area contributed by atoms with Gasteiger partial charge in [0.05, 0.1) is 16.6 Å². The Labute approximate surface area is 154 Å². The third kappa shape index (κ3) is 4.02. The molecule has 0 spiro atoms. The van der Waals surface area contributed by atoms with E-state index in [0.29, 0.717) is 5.02 Å². The maximum absolute atomic E-state index is 13.0. The number of imidazole rings is 1. The van der Waals surface area contributed by atoms with Gasteiger partial charge < -0.3 is 4.57 Å². The molecule has 0 aliphatic heterocycles. The molecule has 130 valence electrons. The zero-order valence-electron chi connectivity index (χ0n) is 12.1. The molecule has 3 rings (SSSR count). The second-order valence-corrected chi connectivity index (χ2v) is 6.09. The number of nitrogens with zero attached hydrogens (tertiary/aromatic N) is 5. The number of halogens is 6. The van der Waals surface area contributed by atoms with Crippen molar-refractivity contribution in [3.8, 4) is 11.4 Å². The van der Waals surface area contributed by atoms with E-state index < -0.39 is 11.9 Å². The molecule has 0 N–H and O–H groups in total. The molecule has 5 nitrogen and oxygen atoms in total. The van der Waals surface area contributed by atoms with E-state index in [2.05, 4.69) is 19.9 Å². The number of hydrogen-bond acceptors (Lipinski definition) is 4. The first-order valence-corrected chi connectivity index (χ1v) is 7.79. The fourth-order valence-electron chi connectivity index (χ4n) is 2.02. The molecule has 3 aromatic rings. The Hall–Kier alpha value is -1.90. The summed E-state index contributed by atoms with van der Waals surface area (Å²) in [5, 5.41) is 0.463. The summed E-state index contributed by atoms with van der Waals surface area (Å²) < 4.78 is 40.4. The second kappa shape index (κ2) is 6.78. The molecule has 0 aliphatic rings. The number of pyridine rings is 1. The highest BCUT2D eigenvalue weighted by Gasteiger charge is 2.35. The lowest BCUT2D eigenvalue weighted by Gasteiger charge is -2.07. The van der Waals surface area contributed by atoms with Gasteiger partial charge in [0.25, 0.3) is 0 Å². The third-order valence-electron chi connectivity index (χ3n) is 3.11. The number of aromatic nitrogens is 5. The molecule has 0 aromatic carbocycles. The van der Waals surface area contributed by atoms with Gasteiger partial charge in [-0.2, -0.15) is 13.2 Å². The monoisotopic (exact) mass is 407 g/mol. The smallest absolute Gasteiger partial charge is 0.323 e. The Morgan fingerprint density at radius 3 is 2.28 bits per heavy atom. The van der Waals surface area contributed by atoms with Gasteiger partial charge in [0, 0.05) is 30.4 Å². The average molecular weight is 409 g/mol. The summed E-state index contributed by atoms with van der Waals surface area (Å²) in [5.74, 6) is 0.279. The minimum Gasteiger partial charge on any atom is -0.323 e. The van der Waals surface area contributed by atoms with Crippen LogP contribution in [0.1, 0.15) is 11.5 Å². The van der Waals surface area contributed by atoms with Crippen LogP contribution in [0.3, 0.4) is 0 Å². The molecule has 0 saturated heterocycles. The van der Waals surface area contributed by atoms with Crippen molar-refractivity contribution in [1.82, 2.24) is 24.5 Å². The Morgan fingerprint density at radius 2 is 1.68 bits per heavy atom. The lowest BCUT2D eigenvalue weighted by Crippen LogP contribution is -2.06. The maximum Gasteiger partial charge on any atom is 0.434 e. The highest BCUT2D eigenvalue weighted by atomic mass is 35.5. The van der Waals surface area contributed by atoms with Crippen molar-refractivity contribution in [2.24, 2.45) is 0 Å². The summed E-state index contributed by atoms with van der Waals surface area (Å²) in [6.07, 6.45) is 0.258. The lowest BCUT2D eigenvalue weighted by molar-refractivity contribution is -0.140. The fourth-order valence-corrected chi connectivity index (χ4v) is 2.39. The summed E-state index contributed by atoms with van der Waals surface area (Å²) in [5.41, 5.74) is -0.776. The Kier molecular flexibility index (Phi) is 4.86. The zero-order valence-corrected chi connectivity index (χ0v) is 14.4. The minimum absolute atomic E-state index is 0.0111. The van der Waals surface area contributed by atoms with E-state index in [4.69, 9.17) is 34.8 Å². The van der Waals surface area contributed by atoms with Crippen LogP contribution in [-0.2, 0) is 12.7 Å². The molecule has 11 heteroatoms. The topological polar surface area (TPSA) is 56.5 Å². The number of rotatable bonds is 3. The molecule has 0 unspecified atom stereocenters. The van der Waals surface area contributed by atoms with Crippen LogP contribution in [0.25, 0.3) is 11.4 Å². The van der Waals surface area contributed by atoms with Gasteiger partial charge in [-0.15, -0.1) is 0 Å². The average Bonchev–Trinajstić information content (AvgIpc) is 2.96. The van der Waals surface area contributed by atoms with Crippen molar-refractivity contribution in [2.75, 3.05) is 0 Å². The van der Waals surface area contributed by atoms with Crippen LogP contribution in [0.5, 0.6) is 0 Å². The van der Waals surface area contributed by atoms with Gasteiger partial charge in [0.15, 0.2) is 5.69 Å². The Bertz CT molecular complexity index is 909. The van der Waals surface area contributed by atoms with E-state index in [-0.39, 0.29) is 33.9 Å². The van der Waals surface area contributed by atoms with Crippen molar-refractivity contribution in [3.63, 3.8) is 0 Å². The van der Waals surface area contributed by atoms with Crippen LogP contribution >= 0.6 is 34.8 Å². The molecule has 25 heavy (non-hydrogen) atoms. The molecular formula is C14H7Cl3F3N5. The number of hydrogen-bond donors (Lipinski definition) is 0. The van der Waals surface area contributed by atoms with Gasteiger partial charge >= 0.3 is 6.18 Å². The molecule has 0 bridgehead atoms. The van der Waals surface area contributed by atoms with E-state index >= 15 is 0 Å². The summed E-state index contributed by atoms with van der Waals surface area (Å²) in [4.78, 5) is 15.4. The normalized spacial score (nSPS) is 11.8. The molecule has 0 aliphatic carbocycles. The molecule has 0 atom stereocenters. The van der Waals surface area contributed by atoms with Crippen LogP contribution in [0.4, 0.5) is 13.2 Å². The Balaban J connectivity index is 2.07. The van der Waals surface area contributed by atoms with E-state index in [1.54, 1.807) is 0 Å². The van der Waals surface area contributed by atoms with Crippen molar-refractivity contribution in [2.45, 2.75) is 12.7 Å². The summed E-state index contributed by atoms with van der Waals surface area (Å²) in [6.45, 7) is -0.0458. The first-order chi connectivity index (χ1) is 11.7. The predicted octanol–water partition coefficient (Wildman–Crippen LogP) is 4.76. The van der Waals surface area contributed by atoms with Crippen LogP contribution < -0.4 is 0 Å². The van der Waals surface area contributed by atoms with E-state index in [1.807, 2.05) is 0 Å². The minimum atomic E-state index is -4.61. The third-order valence-corrected chi connectivity index (χ3v) is 3.99. The highest BCUT2D eigenvalue weighted by Crippen LogP contribution is 2.32. The van der Waals surface area contributed by atoms with Gasteiger partial charge in [-0.25, -0.2) is 19.9 Å². The van der Waals surface area contributed by atoms with Gasteiger partial charge in [-0.1, -0.05) is 34.8 Å². The molecule has 0 radical (unpaired) electrons. The predicted molar refractivity (Wildman–Crippen MR) is 86.6 cm³/mol. The molecule has 3 heterocycles. The van der Waals surface area contributed by atoms with Crippen molar-refractivity contribution < 1.29 is 13.2 Å². The quantitative estimate of drug-likeness (QED) is 0.586. The van der Waals surface area contributed by atoms with Crippen LogP contribution in [0.2, 0.25) is 15.2 Å².